The second kappa shape index (κ2) is 7.61. The van der Waals surface area contributed by atoms with Gasteiger partial charge in [0.15, 0.2) is 0 Å². The van der Waals surface area contributed by atoms with Gasteiger partial charge in [-0.3, -0.25) is 0 Å². The Hall–Kier alpha value is -0.860. The third-order valence-corrected chi connectivity index (χ3v) is 5.68. The van der Waals surface area contributed by atoms with Crippen molar-refractivity contribution >= 4 is 23.4 Å². The molecule has 0 amide bonds. The fourth-order valence-corrected chi connectivity index (χ4v) is 4.27. The van der Waals surface area contributed by atoms with Crippen LogP contribution in [0.25, 0.3) is 11.3 Å². The van der Waals surface area contributed by atoms with Crippen LogP contribution in [0.3, 0.4) is 0 Å². The van der Waals surface area contributed by atoms with E-state index in [1.165, 1.54) is 37.7 Å². The molecule has 3 rings (SSSR count). The first-order valence-corrected chi connectivity index (χ1v) is 9.93. The number of furan rings is 1. The normalized spacial score (nSPS) is 17.5. The largest absolute Gasteiger partial charge is 0.460 e. The molecule has 0 bridgehead atoms. The molecule has 0 aliphatic heterocycles. The second-order valence-corrected chi connectivity index (χ2v) is 7.42. The highest BCUT2D eigenvalue weighted by atomic mass is 35.5. The molecule has 1 aromatic carbocycles. The Morgan fingerprint density at radius 2 is 1.91 bits per heavy atom. The molecule has 0 N–H and O–H groups in total. The van der Waals surface area contributed by atoms with E-state index in [1.54, 1.807) is 11.8 Å². The molecule has 2 aromatic rings. The van der Waals surface area contributed by atoms with E-state index >= 15 is 0 Å². The quantitative estimate of drug-likeness (QED) is 0.566. The summed E-state index contributed by atoms with van der Waals surface area (Å²) in [5.41, 5.74) is 2.34. The molecular formula is C19H23ClOS. The number of halogens is 1. The Kier molecular flexibility index (Phi) is 5.54. The topological polar surface area (TPSA) is 13.1 Å². The Bertz CT molecular complexity index is 587. The van der Waals surface area contributed by atoms with Crippen LogP contribution >= 0.6 is 23.4 Å². The van der Waals surface area contributed by atoms with Crippen LogP contribution in [-0.4, -0.2) is 6.26 Å². The van der Waals surface area contributed by atoms with Gasteiger partial charge in [0.25, 0.3) is 0 Å². The number of benzene rings is 1. The highest BCUT2D eigenvalue weighted by Crippen LogP contribution is 2.42. The number of rotatable bonds is 5. The summed E-state index contributed by atoms with van der Waals surface area (Å²) in [4.78, 5) is 0. The number of alkyl halides is 1. The van der Waals surface area contributed by atoms with Gasteiger partial charge in [0.2, 0.25) is 0 Å². The van der Waals surface area contributed by atoms with Gasteiger partial charge in [-0.25, -0.2) is 0 Å². The van der Waals surface area contributed by atoms with Gasteiger partial charge < -0.3 is 4.42 Å². The summed E-state index contributed by atoms with van der Waals surface area (Å²) in [6, 6.07) is 12.5. The first-order valence-electron chi connectivity index (χ1n) is 8.10. The lowest BCUT2D eigenvalue weighted by atomic mass is 9.84. The molecule has 1 fully saturated rings. The number of hydrogen-bond donors (Lipinski definition) is 0. The van der Waals surface area contributed by atoms with Crippen molar-refractivity contribution in [1.82, 2.24) is 0 Å². The smallest absolute Gasteiger partial charge is 0.134 e. The lowest BCUT2D eigenvalue weighted by Gasteiger charge is -2.26. The van der Waals surface area contributed by atoms with E-state index in [-0.39, 0.29) is 5.38 Å². The Morgan fingerprint density at radius 3 is 2.59 bits per heavy atom. The first kappa shape index (κ1) is 16.0. The third kappa shape index (κ3) is 3.55. The summed E-state index contributed by atoms with van der Waals surface area (Å²) in [6.07, 6.45) is 8.60. The van der Waals surface area contributed by atoms with E-state index in [0.717, 1.165) is 22.8 Å². The molecule has 1 nitrogen and oxygen atoms in total. The Morgan fingerprint density at radius 1 is 1.18 bits per heavy atom. The minimum absolute atomic E-state index is 0.0867. The highest BCUT2D eigenvalue weighted by molar-refractivity contribution is 7.97. The van der Waals surface area contributed by atoms with E-state index in [9.17, 15) is 0 Å². The van der Waals surface area contributed by atoms with Crippen LogP contribution in [0.2, 0.25) is 0 Å². The predicted octanol–water partition coefficient (Wildman–Crippen LogP) is 6.67. The van der Waals surface area contributed by atoms with Gasteiger partial charge in [0.1, 0.15) is 11.5 Å². The molecular weight excluding hydrogens is 312 g/mol. The molecule has 3 heteroatoms. The Balaban J connectivity index is 1.90. The molecule has 1 aromatic heterocycles. The van der Waals surface area contributed by atoms with Crippen LogP contribution in [0.15, 0.2) is 40.8 Å². The van der Waals surface area contributed by atoms with E-state index in [4.69, 9.17) is 16.0 Å². The summed E-state index contributed by atoms with van der Waals surface area (Å²) in [5.74, 6) is 3.48. The molecule has 0 radical (unpaired) electrons. The van der Waals surface area contributed by atoms with Crippen LogP contribution in [-0.2, 0) is 5.75 Å². The molecule has 0 saturated heterocycles. The lowest BCUT2D eigenvalue weighted by Crippen LogP contribution is -2.12. The van der Waals surface area contributed by atoms with Crippen molar-refractivity contribution in [3.05, 3.63) is 47.7 Å². The first-order chi connectivity index (χ1) is 10.8. The van der Waals surface area contributed by atoms with Crippen molar-refractivity contribution in [1.29, 1.82) is 0 Å². The molecule has 1 aliphatic carbocycles. The maximum Gasteiger partial charge on any atom is 0.134 e. The van der Waals surface area contributed by atoms with Crippen LogP contribution in [0, 0.1) is 5.92 Å². The van der Waals surface area contributed by atoms with Crippen molar-refractivity contribution in [2.75, 3.05) is 6.26 Å². The molecule has 1 aliphatic rings. The van der Waals surface area contributed by atoms with Crippen molar-refractivity contribution < 1.29 is 4.42 Å². The van der Waals surface area contributed by atoms with Gasteiger partial charge in [0, 0.05) is 11.1 Å². The van der Waals surface area contributed by atoms with Crippen molar-refractivity contribution in [3.8, 4) is 11.3 Å². The van der Waals surface area contributed by atoms with Crippen LogP contribution < -0.4 is 0 Å². The number of hydrogen-bond acceptors (Lipinski definition) is 2. The minimum atomic E-state index is 0.0867. The van der Waals surface area contributed by atoms with Crippen LogP contribution in [0.4, 0.5) is 0 Å². The molecule has 1 unspecified atom stereocenters. The van der Waals surface area contributed by atoms with Crippen molar-refractivity contribution in [2.24, 2.45) is 5.92 Å². The monoisotopic (exact) mass is 334 g/mol. The van der Waals surface area contributed by atoms with E-state index in [1.807, 2.05) is 18.2 Å². The van der Waals surface area contributed by atoms with E-state index in [2.05, 4.69) is 24.5 Å². The fraction of sp³-hybridized carbons (Fsp3) is 0.474. The van der Waals surface area contributed by atoms with E-state index in [0.29, 0.717) is 5.92 Å². The zero-order valence-corrected chi connectivity index (χ0v) is 14.6. The summed E-state index contributed by atoms with van der Waals surface area (Å²) in [7, 11) is 0. The summed E-state index contributed by atoms with van der Waals surface area (Å²) in [5, 5.41) is 0.0867. The SMILES string of the molecule is CSCc1oc(-c2ccccc2)cc1C(Cl)C1CCCCC1. The van der Waals surface area contributed by atoms with E-state index < -0.39 is 0 Å². The van der Waals surface area contributed by atoms with Gasteiger partial charge in [-0.2, -0.15) is 11.8 Å². The standard InChI is InChI=1S/C19H23ClOS/c1-22-13-18-16(19(20)15-10-6-3-7-11-15)12-17(21-18)14-8-4-2-5-9-14/h2,4-5,8-9,12,15,19H,3,6-7,10-11,13H2,1H3. The highest BCUT2D eigenvalue weighted by Gasteiger charge is 2.27. The van der Waals surface area contributed by atoms with Crippen molar-refractivity contribution in [3.63, 3.8) is 0 Å². The number of thioether (sulfide) groups is 1. The summed E-state index contributed by atoms with van der Waals surface area (Å²) < 4.78 is 6.15. The Labute approximate surface area is 142 Å². The van der Waals surface area contributed by atoms with Crippen LogP contribution in [0.1, 0.15) is 48.8 Å². The van der Waals surface area contributed by atoms with Gasteiger partial charge in [-0.15, -0.1) is 11.6 Å². The molecule has 1 atom stereocenters. The third-order valence-electron chi connectivity index (χ3n) is 4.54. The van der Waals surface area contributed by atoms with Crippen molar-refractivity contribution in [2.45, 2.75) is 43.2 Å². The lowest BCUT2D eigenvalue weighted by molar-refractivity contribution is 0.346. The predicted molar refractivity (Wildman–Crippen MR) is 96.5 cm³/mol. The minimum Gasteiger partial charge on any atom is -0.460 e. The summed E-state index contributed by atoms with van der Waals surface area (Å²) in [6.45, 7) is 0. The molecule has 0 spiro atoms. The van der Waals surface area contributed by atoms with Gasteiger partial charge >= 0.3 is 0 Å². The maximum atomic E-state index is 6.86. The molecule has 1 heterocycles. The zero-order valence-electron chi connectivity index (χ0n) is 13.1. The molecule has 118 valence electrons. The zero-order chi connectivity index (χ0) is 15.4. The fourth-order valence-electron chi connectivity index (χ4n) is 3.35. The van der Waals surface area contributed by atoms with Gasteiger partial charge in [0.05, 0.1) is 11.1 Å². The molecule has 22 heavy (non-hydrogen) atoms. The average Bonchev–Trinajstić information content (AvgIpc) is 3.00. The maximum absolute atomic E-state index is 6.86. The van der Waals surface area contributed by atoms with Crippen LogP contribution in [0.5, 0.6) is 0 Å². The summed E-state index contributed by atoms with van der Waals surface area (Å²) >= 11 is 8.65. The van der Waals surface area contributed by atoms with Gasteiger partial charge in [-0.05, 0) is 31.1 Å². The molecule has 1 saturated carbocycles. The second-order valence-electron chi connectivity index (χ2n) is 6.09. The van der Waals surface area contributed by atoms with Gasteiger partial charge in [-0.1, -0.05) is 49.6 Å². The average molecular weight is 335 g/mol.